The molecule has 1 aliphatic rings. The smallest absolute Gasteiger partial charge is 0.308 e. The van der Waals surface area contributed by atoms with Gasteiger partial charge >= 0.3 is 5.97 Å². The maximum atomic E-state index is 12.5. The summed E-state index contributed by atoms with van der Waals surface area (Å²) >= 11 is 0. The summed E-state index contributed by atoms with van der Waals surface area (Å²) in [5.74, 6) is -1.81. The summed E-state index contributed by atoms with van der Waals surface area (Å²) in [4.78, 5) is 36.9. The lowest BCUT2D eigenvalue weighted by Crippen LogP contribution is -2.32. The molecule has 3 rings (SSSR count). The van der Waals surface area contributed by atoms with Gasteiger partial charge < -0.3 is 10.0 Å². The Kier molecular flexibility index (Phi) is 3.92. The fourth-order valence-corrected chi connectivity index (χ4v) is 2.59. The number of carbonyl (C=O) groups excluding carboxylic acids is 1. The third-order valence-corrected chi connectivity index (χ3v) is 3.84. The topological polar surface area (TPSA) is 92.5 Å². The molecule has 1 unspecified atom stereocenters. The van der Waals surface area contributed by atoms with Gasteiger partial charge in [0.2, 0.25) is 0 Å². The molecular weight excluding hydrogens is 298 g/mol. The van der Waals surface area contributed by atoms with E-state index in [0.29, 0.717) is 18.7 Å². The lowest BCUT2D eigenvalue weighted by Gasteiger charge is -2.15. The van der Waals surface area contributed by atoms with E-state index in [2.05, 4.69) is 5.10 Å². The number of rotatable bonds is 3. The van der Waals surface area contributed by atoms with Crippen LogP contribution in [0.4, 0.5) is 0 Å². The van der Waals surface area contributed by atoms with Crippen LogP contribution in [-0.2, 0) is 4.79 Å². The number of carbonyl (C=O) groups is 2. The van der Waals surface area contributed by atoms with Crippen molar-refractivity contribution in [3.8, 4) is 5.69 Å². The molecule has 0 aliphatic carbocycles. The standard InChI is InChI=1S/C16H15N3O4/c20-14-7-6-13(17-19(14)12-4-2-1-3-5-12)15(21)18-9-8-11(10-18)16(22)23/h1-7,11H,8-10H2,(H,22,23). The normalized spacial score (nSPS) is 17.2. The zero-order valence-corrected chi connectivity index (χ0v) is 12.3. The number of likely N-dealkylation sites (tertiary alicyclic amines) is 1. The quantitative estimate of drug-likeness (QED) is 0.904. The molecule has 1 aliphatic heterocycles. The average Bonchev–Trinajstić information content (AvgIpc) is 3.06. The van der Waals surface area contributed by atoms with Crippen LogP contribution in [0.3, 0.4) is 0 Å². The number of benzene rings is 1. The van der Waals surface area contributed by atoms with Crippen molar-refractivity contribution in [1.29, 1.82) is 0 Å². The van der Waals surface area contributed by atoms with Crippen molar-refractivity contribution in [3.63, 3.8) is 0 Å². The summed E-state index contributed by atoms with van der Waals surface area (Å²) in [7, 11) is 0. The molecule has 1 N–H and O–H groups in total. The number of aliphatic carboxylic acids is 1. The Morgan fingerprint density at radius 2 is 1.87 bits per heavy atom. The van der Waals surface area contributed by atoms with Crippen molar-refractivity contribution >= 4 is 11.9 Å². The van der Waals surface area contributed by atoms with E-state index in [1.165, 1.54) is 17.0 Å². The van der Waals surface area contributed by atoms with Gasteiger partial charge in [0.15, 0.2) is 0 Å². The van der Waals surface area contributed by atoms with E-state index in [4.69, 9.17) is 5.11 Å². The molecule has 7 nitrogen and oxygen atoms in total. The van der Waals surface area contributed by atoms with Crippen molar-refractivity contribution in [1.82, 2.24) is 14.7 Å². The highest BCUT2D eigenvalue weighted by Crippen LogP contribution is 2.18. The van der Waals surface area contributed by atoms with Gasteiger partial charge in [0, 0.05) is 19.2 Å². The molecule has 1 amide bonds. The van der Waals surface area contributed by atoms with Gasteiger partial charge in [0.1, 0.15) is 5.69 Å². The first-order valence-electron chi connectivity index (χ1n) is 7.24. The molecule has 0 saturated carbocycles. The van der Waals surface area contributed by atoms with Gasteiger partial charge in [-0.3, -0.25) is 14.4 Å². The van der Waals surface area contributed by atoms with Gasteiger partial charge in [-0.05, 0) is 24.6 Å². The average molecular weight is 313 g/mol. The third kappa shape index (κ3) is 2.98. The first kappa shape index (κ1) is 15.0. The molecule has 0 spiro atoms. The Morgan fingerprint density at radius 1 is 1.13 bits per heavy atom. The fourth-order valence-electron chi connectivity index (χ4n) is 2.59. The van der Waals surface area contributed by atoms with Crippen molar-refractivity contribution in [2.75, 3.05) is 13.1 Å². The molecule has 0 bridgehead atoms. The molecule has 1 aromatic heterocycles. The predicted octanol–water partition coefficient (Wildman–Crippen LogP) is 0.779. The van der Waals surface area contributed by atoms with Crippen molar-refractivity contribution in [2.24, 2.45) is 5.92 Å². The number of nitrogens with zero attached hydrogens (tertiary/aromatic N) is 3. The van der Waals surface area contributed by atoms with Crippen LogP contribution in [0.1, 0.15) is 16.9 Å². The summed E-state index contributed by atoms with van der Waals surface area (Å²) < 4.78 is 1.16. The van der Waals surface area contributed by atoms with E-state index in [-0.39, 0.29) is 23.7 Å². The number of hydrogen-bond acceptors (Lipinski definition) is 4. The van der Waals surface area contributed by atoms with Gasteiger partial charge in [-0.15, -0.1) is 0 Å². The van der Waals surface area contributed by atoms with E-state index in [1.807, 2.05) is 6.07 Å². The van der Waals surface area contributed by atoms with E-state index < -0.39 is 11.9 Å². The first-order valence-corrected chi connectivity index (χ1v) is 7.24. The largest absolute Gasteiger partial charge is 0.481 e. The zero-order valence-electron chi connectivity index (χ0n) is 12.3. The van der Waals surface area contributed by atoms with E-state index in [0.717, 1.165) is 4.68 Å². The van der Waals surface area contributed by atoms with Crippen LogP contribution < -0.4 is 5.56 Å². The molecule has 118 valence electrons. The molecule has 1 fully saturated rings. The summed E-state index contributed by atoms with van der Waals surface area (Å²) in [6.07, 6.45) is 0.430. The molecule has 1 atom stereocenters. The first-order chi connectivity index (χ1) is 11.1. The number of para-hydroxylation sites is 1. The van der Waals surface area contributed by atoms with Gasteiger partial charge in [-0.2, -0.15) is 9.78 Å². The molecular formula is C16H15N3O4. The summed E-state index contributed by atoms with van der Waals surface area (Å²) in [5, 5.41) is 13.1. The Labute approximate surface area is 131 Å². The van der Waals surface area contributed by atoms with Gasteiger partial charge in [0.25, 0.3) is 11.5 Å². The van der Waals surface area contributed by atoms with Gasteiger partial charge in [-0.25, -0.2) is 0 Å². The van der Waals surface area contributed by atoms with Crippen LogP contribution in [0.15, 0.2) is 47.3 Å². The summed E-state index contributed by atoms with van der Waals surface area (Å²) in [5.41, 5.74) is 0.356. The molecule has 7 heteroatoms. The molecule has 2 aromatic rings. The van der Waals surface area contributed by atoms with E-state index >= 15 is 0 Å². The summed E-state index contributed by atoms with van der Waals surface area (Å²) in [6.45, 7) is 0.544. The van der Waals surface area contributed by atoms with E-state index in [9.17, 15) is 14.4 Å². The molecule has 0 radical (unpaired) electrons. The maximum Gasteiger partial charge on any atom is 0.308 e. The van der Waals surface area contributed by atoms with Crippen LogP contribution in [-0.4, -0.2) is 44.8 Å². The minimum absolute atomic E-state index is 0.125. The summed E-state index contributed by atoms with van der Waals surface area (Å²) in [6, 6.07) is 11.5. The zero-order chi connectivity index (χ0) is 16.4. The maximum absolute atomic E-state index is 12.5. The van der Waals surface area contributed by atoms with Crippen molar-refractivity contribution in [3.05, 3.63) is 58.5 Å². The second-order valence-corrected chi connectivity index (χ2v) is 5.38. The number of amides is 1. The Morgan fingerprint density at radius 3 is 2.52 bits per heavy atom. The minimum Gasteiger partial charge on any atom is -0.481 e. The SMILES string of the molecule is O=C(O)C1CCN(C(=O)c2ccc(=O)n(-c3ccccc3)n2)C1. The molecule has 2 heterocycles. The lowest BCUT2D eigenvalue weighted by atomic mass is 10.1. The Hall–Kier alpha value is -2.96. The van der Waals surface area contributed by atoms with E-state index in [1.54, 1.807) is 24.3 Å². The number of carboxylic acid groups (broad SMARTS) is 1. The van der Waals surface area contributed by atoms with Crippen LogP contribution in [0.5, 0.6) is 0 Å². The molecule has 1 aromatic carbocycles. The monoisotopic (exact) mass is 313 g/mol. The van der Waals surface area contributed by atoms with Crippen molar-refractivity contribution < 1.29 is 14.7 Å². The minimum atomic E-state index is -0.900. The number of hydrogen-bond donors (Lipinski definition) is 1. The lowest BCUT2D eigenvalue weighted by molar-refractivity contribution is -0.141. The molecule has 23 heavy (non-hydrogen) atoms. The van der Waals surface area contributed by atoms with Gasteiger partial charge in [-0.1, -0.05) is 18.2 Å². The highest BCUT2D eigenvalue weighted by molar-refractivity contribution is 5.92. The fraction of sp³-hybridized carbons (Fsp3) is 0.250. The number of carboxylic acids is 1. The molecule has 1 saturated heterocycles. The highest BCUT2D eigenvalue weighted by Gasteiger charge is 2.32. The Bertz CT molecular complexity index is 800. The van der Waals surface area contributed by atoms with Crippen LogP contribution in [0, 0.1) is 5.92 Å². The third-order valence-electron chi connectivity index (χ3n) is 3.84. The van der Waals surface area contributed by atoms with Crippen LogP contribution in [0.25, 0.3) is 5.69 Å². The number of aromatic nitrogens is 2. The highest BCUT2D eigenvalue weighted by atomic mass is 16.4. The Balaban J connectivity index is 1.88. The second-order valence-electron chi connectivity index (χ2n) is 5.38. The predicted molar refractivity (Wildman–Crippen MR) is 81.5 cm³/mol. The van der Waals surface area contributed by atoms with Crippen LogP contribution >= 0.6 is 0 Å². The second kappa shape index (κ2) is 6.04. The van der Waals surface area contributed by atoms with Gasteiger partial charge in [0.05, 0.1) is 11.6 Å². The van der Waals surface area contributed by atoms with Crippen LogP contribution in [0.2, 0.25) is 0 Å². The van der Waals surface area contributed by atoms with Crippen molar-refractivity contribution in [2.45, 2.75) is 6.42 Å².